The molecule has 6 atom stereocenters. The minimum Gasteiger partial charge on any atom is -0.462 e. The van der Waals surface area contributed by atoms with E-state index in [9.17, 15) is 43.2 Å². The van der Waals surface area contributed by atoms with E-state index in [1.54, 1.807) is 0 Å². The number of hydrogen-bond donors (Lipinski definition) is 3. The second-order valence-electron chi connectivity index (χ2n) is 29.2. The summed E-state index contributed by atoms with van der Waals surface area (Å²) in [5.74, 6) is -0.481. The number of aliphatic hydroxyl groups excluding tert-OH is 1. The van der Waals surface area contributed by atoms with Gasteiger partial charge in [0.05, 0.1) is 26.4 Å². The Balaban J connectivity index is 5.20. The Hall–Kier alpha value is -1.94. The van der Waals surface area contributed by atoms with Crippen LogP contribution in [0.2, 0.25) is 0 Å². The zero-order chi connectivity index (χ0) is 72.1. The molecule has 0 fully saturated rings. The second kappa shape index (κ2) is 70.7. The van der Waals surface area contributed by atoms with Gasteiger partial charge in [-0.2, -0.15) is 0 Å². The maximum Gasteiger partial charge on any atom is 0.472 e. The van der Waals surface area contributed by atoms with E-state index >= 15 is 0 Å². The van der Waals surface area contributed by atoms with Gasteiger partial charge < -0.3 is 33.8 Å². The Morgan fingerprint density at radius 2 is 0.520 bits per heavy atom. The molecule has 0 rings (SSSR count). The van der Waals surface area contributed by atoms with Crippen molar-refractivity contribution in [2.24, 2.45) is 11.8 Å². The van der Waals surface area contributed by atoms with E-state index in [0.29, 0.717) is 25.7 Å². The van der Waals surface area contributed by atoms with Gasteiger partial charge in [0.2, 0.25) is 0 Å². The summed E-state index contributed by atoms with van der Waals surface area (Å²) >= 11 is 0. The zero-order valence-electron chi connectivity index (χ0n) is 64.1. The van der Waals surface area contributed by atoms with Gasteiger partial charge in [0.1, 0.15) is 19.3 Å². The molecule has 0 heterocycles. The summed E-state index contributed by atoms with van der Waals surface area (Å²) in [7, 11) is -9.91. The Bertz CT molecular complexity index is 1890. The fraction of sp³-hybridized carbons (Fsp3) is 0.949. The van der Waals surface area contributed by atoms with Gasteiger partial charge in [-0.3, -0.25) is 37.3 Å². The maximum atomic E-state index is 13.1. The standard InChI is InChI=1S/C79H154O17P2/c1-7-10-12-14-16-18-20-31-39-45-51-57-63-78(83)95-74(67-89-76(81)61-55-49-43-37-29-19-17-15-13-11-8-2)69-93-97(85,86)91-65-73(80)66-92-98(87,88)94-70-75(68-90-77(82)62-56-50-44-38-34-33-35-41-47-53-59-71(4)5)96-79(84)64-58-52-46-40-32-28-26-24-22-21-23-25-27-30-36-42-48-54-60-72(6)9-3/h71-75,80H,7-70H2,1-6H3,(H,85,86)(H,87,88)/t72?,73-,74+,75+/m0/s1. The van der Waals surface area contributed by atoms with Gasteiger partial charge in [0, 0.05) is 25.7 Å². The number of carbonyl (C=O) groups is 4. The number of carbonyl (C=O) groups excluding carboxylic acids is 4. The Morgan fingerprint density at radius 3 is 0.776 bits per heavy atom. The lowest BCUT2D eigenvalue weighted by atomic mass is 9.99. The van der Waals surface area contributed by atoms with Gasteiger partial charge in [-0.15, -0.1) is 0 Å². The van der Waals surface area contributed by atoms with Crippen LogP contribution < -0.4 is 0 Å². The van der Waals surface area contributed by atoms with E-state index in [0.717, 1.165) is 102 Å². The van der Waals surface area contributed by atoms with Crippen molar-refractivity contribution >= 4 is 39.5 Å². The Kier molecular flexibility index (Phi) is 69.3. The average molecular weight is 1440 g/mol. The van der Waals surface area contributed by atoms with Crippen molar-refractivity contribution in [1.29, 1.82) is 0 Å². The van der Waals surface area contributed by atoms with Crippen molar-refractivity contribution in [1.82, 2.24) is 0 Å². The predicted molar refractivity (Wildman–Crippen MR) is 400 cm³/mol. The molecule has 0 aromatic carbocycles. The number of esters is 4. The molecule has 98 heavy (non-hydrogen) atoms. The highest BCUT2D eigenvalue weighted by molar-refractivity contribution is 7.47. The molecule has 0 aliphatic carbocycles. The highest BCUT2D eigenvalue weighted by Gasteiger charge is 2.30. The summed E-state index contributed by atoms with van der Waals surface area (Å²) in [6.45, 7) is 9.68. The van der Waals surface area contributed by atoms with Crippen molar-refractivity contribution in [3.05, 3.63) is 0 Å². The van der Waals surface area contributed by atoms with E-state index < -0.39 is 97.5 Å². The van der Waals surface area contributed by atoms with E-state index in [1.165, 1.54) is 231 Å². The van der Waals surface area contributed by atoms with Gasteiger partial charge in [0.25, 0.3) is 0 Å². The van der Waals surface area contributed by atoms with Gasteiger partial charge in [-0.25, -0.2) is 9.13 Å². The van der Waals surface area contributed by atoms with Crippen LogP contribution in [0.15, 0.2) is 0 Å². The number of aliphatic hydroxyl groups is 1. The van der Waals surface area contributed by atoms with Crippen LogP contribution in [0.3, 0.4) is 0 Å². The lowest BCUT2D eigenvalue weighted by Crippen LogP contribution is -2.30. The molecule has 0 radical (unpaired) electrons. The van der Waals surface area contributed by atoms with Crippen LogP contribution in [-0.2, 0) is 65.4 Å². The molecule has 0 aromatic heterocycles. The number of rotatable bonds is 78. The summed E-state index contributed by atoms with van der Waals surface area (Å²) < 4.78 is 68.6. The molecule has 0 aliphatic rings. The highest BCUT2D eigenvalue weighted by Crippen LogP contribution is 2.45. The first-order chi connectivity index (χ1) is 47.4. The number of phosphoric acid groups is 2. The van der Waals surface area contributed by atoms with Crippen LogP contribution in [0.25, 0.3) is 0 Å². The topological polar surface area (TPSA) is 237 Å². The largest absolute Gasteiger partial charge is 0.472 e. The van der Waals surface area contributed by atoms with Crippen LogP contribution in [0.5, 0.6) is 0 Å². The first-order valence-corrected chi connectivity index (χ1v) is 44.0. The van der Waals surface area contributed by atoms with Crippen molar-refractivity contribution in [3.63, 3.8) is 0 Å². The molecule has 582 valence electrons. The van der Waals surface area contributed by atoms with Crippen molar-refractivity contribution < 1.29 is 80.2 Å². The zero-order valence-corrected chi connectivity index (χ0v) is 65.9. The monoisotopic (exact) mass is 1440 g/mol. The molecule has 0 saturated heterocycles. The van der Waals surface area contributed by atoms with Crippen LogP contribution in [0, 0.1) is 11.8 Å². The predicted octanol–water partition coefficient (Wildman–Crippen LogP) is 23.5. The van der Waals surface area contributed by atoms with Gasteiger partial charge in [-0.05, 0) is 37.5 Å². The van der Waals surface area contributed by atoms with Gasteiger partial charge in [0.15, 0.2) is 12.2 Å². The molecular weight excluding hydrogens is 1280 g/mol. The molecule has 19 heteroatoms. The number of phosphoric ester groups is 2. The van der Waals surface area contributed by atoms with E-state index in [4.69, 9.17) is 37.0 Å². The van der Waals surface area contributed by atoms with Crippen LogP contribution >= 0.6 is 15.6 Å². The normalized spacial score (nSPS) is 14.2. The lowest BCUT2D eigenvalue weighted by Gasteiger charge is -2.21. The maximum absolute atomic E-state index is 13.1. The Morgan fingerprint density at radius 1 is 0.296 bits per heavy atom. The molecule has 17 nitrogen and oxygen atoms in total. The highest BCUT2D eigenvalue weighted by atomic mass is 31.2. The van der Waals surface area contributed by atoms with Crippen molar-refractivity contribution in [3.8, 4) is 0 Å². The third-order valence-electron chi connectivity index (χ3n) is 18.8. The Labute approximate surface area is 600 Å². The summed E-state index contributed by atoms with van der Waals surface area (Å²) in [4.78, 5) is 72.9. The van der Waals surface area contributed by atoms with E-state index in [-0.39, 0.29) is 25.7 Å². The molecule has 0 amide bonds. The van der Waals surface area contributed by atoms with Gasteiger partial charge >= 0.3 is 39.5 Å². The average Bonchev–Trinajstić information content (AvgIpc) is 0.942. The van der Waals surface area contributed by atoms with Crippen molar-refractivity contribution in [2.45, 2.75) is 432 Å². The molecule has 0 bridgehead atoms. The molecular formula is C79H154O17P2. The summed E-state index contributed by atoms with van der Waals surface area (Å²) in [5, 5.41) is 10.6. The van der Waals surface area contributed by atoms with Crippen molar-refractivity contribution in [2.75, 3.05) is 39.6 Å². The van der Waals surface area contributed by atoms with Crippen LogP contribution in [0.4, 0.5) is 0 Å². The minimum atomic E-state index is -4.96. The number of ether oxygens (including phenoxy) is 4. The smallest absolute Gasteiger partial charge is 0.462 e. The molecule has 0 aliphatic heterocycles. The molecule has 0 aromatic rings. The summed E-state index contributed by atoms with van der Waals surface area (Å²) in [6, 6.07) is 0. The first kappa shape index (κ1) is 96.1. The first-order valence-electron chi connectivity index (χ1n) is 41.0. The van der Waals surface area contributed by atoms with Crippen LogP contribution in [-0.4, -0.2) is 96.7 Å². The molecule has 0 spiro atoms. The molecule has 3 unspecified atom stereocenters. The fourth-order valence-corrected chi connectivity index (χ4v) is 13.7. The third kappa shape index (κ3) is 71.1. The van der Waals surface area contributed by atoms with Crippen LogP contribution in [0.1, 0.15) is 414 Å². The lowest BCUT2D eigenvalue weighted by molar-refractivity contribution is -0.161. The summed E-state index contributed by atoms with van der Waals surface area (Å²) in [5.41, 5.74) is 0. The van der Waals surface area contributed by atoms with E-state index in [1.807, 2.05) is 0 Å². The minimum absolute atomic E-state index is 0.108. The fourth-order valence-electron chi connectivity index (χ4n) is 12.2. The molecule has 3 N–H and O–H groups in total. The second-order valence-corrected chi connectivity index (χ2v) is 32.1. The number of hydrogen-bond acceptors (Lipinski definition) is 15. The van der Waals surface area contributed by atoms with Gasteiger partial charge in [-0.1, -0.05) is 363 Å². The molecule has 0 saturated carbocycles. The number of unbranched alkanes of at least 4 members (excludes halogenated alkanes) is 47. The quantitative estimate of drug-likeness (QED) is 0.0222. The SMILES string of the molecule is CCCCCCCCCCCCCCC(=O)O[C@H](COC(=O)CCCCCCCCCCCCC)COP(=O)(O)OC[C@H](O)COP(=O)(O)OC[C@@H](COC(=O)CCCCCCCCCCCCC(C)C)OC(=O)CCCCCCCCCCCCCCCCCCCCC(C)CC. The van der Waals surface area contributed by atoms with E-state index in [2.05, 4.69) is 41.5 Å². The third-order valence-corrected chi connectivity index (χ3v) is 20.7. The summed E-state index contributed by atoms with van der Waals surface area (Å²) in [6.07, 6.45) is 59.5.